The van der Waals surface area contributed by atoms with Crippen molar-refractivity contribution in [3.05, 3.63) is 29.0 Å². The molecule has 0 bridgehead atoms. The SMILES string of the molecule is CCOP(=O)(Cc1c(Br)c(C)c(Br)c(Br)c1Br)OCC. The van der Waals surface area contributed by atoms with Crippen LogP contribution in [0.3, 0.4) is 0 Å². The first-order chi connectivity index (χ1) is 9.27. The van der Waals surface area contributed by atoms with E-state index in [9.17, 15) is 4.57 Å². The summed E-state index contributed by atoms with van der Waals surface area (Å²) in [6.07, 6.45) is 0.211. The Bertz CT molecular complexity index is 509. The van der Waals surface area contributed by atoms with Crippen molar-refractivity contribution in [2.75, 3.05) is 13.2 Å². The van der Waals surface area contributed by atoms with Gasteiger partial charge in [0.2, 0.25) is 0 Å². The standard InChI is InChI=1S/C12H15Br4O3P/c1-4-18-20(17,19-5-2)6-8-9(13)7(3)10(14)12(16)11(8)15/h4-6H2,1-3H3. The van der Waals surface area contributed by atoms with E-state index >= 15 is 0 Å². The molecule has 0 N–H and O–H groups in total. The Hall–Kier alpha value is 1.29. The number of hydrogen-bond acceptors (Lipinski definition) is 3. The Morgan fingerprint density at radius 2 is 1.40 bits per heavy atom. The highest BCUT2D eigenvalue weighted by Crippen LogP contribution is 2.55. The maximum Gasteiger partial charge on any atom is 0.335 e. The highest BCUT2D eigenvalue weighted by Gasteiger charge is 2.28. The minimum atomic E-state index is -3.15. The summed E-state index contributed by atoms with van der Waals surface area (Å²) in [6.45, 7) is 6.28. The first-order valence-corrected chi connectivity index (χ1v) is 10.9. The predicted octanol–water partition coefficient (Wildman–Crippen LogP) is 6.81. The van der Waals surface area contributed by atoms with Crippen molar-refractivity contribution in [1.82, 2.24) is 0 Å². The molecule has 3 nitrogen and oxygen atoms in total. The van der Waals surface area contributed by atoms with Gasteiger partial charge in [0.05, 0.1) is 19.4 Å². The zero-order valence-corrected chi connectivity index (χ0v) is 18.5. The van der Waals surface area contributed by atoms with Gasteiger partial charge in [-0.25, -0.2) is 0 Å². The van der Waals surface area contributed by atoms with Crippen LogP contribution in [0.2, 0.25) is 0 Å². The Kier molecular flexibility index (Phi) is 7.96. The molecule has 0 heterocycles. The second-order valence-corrected chi connectivity index (χ2v) is 9.19. The molecule has 1 aromatic rings. The van der Waals surface area contributed by atoms with Crippen LogP contribution in [-0.2, 0) is 19.8 Å². The first kappa shape index (κ1) is 19.3. The van der Waals surface area contributed by atoms with Crippen molar-refractivity contribution in [3.63, 3.8) is 0 Å². The van der Waals surface area contributed by atoms with Crippen LogP contribution in [0.25, 0.3) is 0 Å². The quantitative estimate of drug-likeness (QED) is 0.219. The fourth-order valence-corrected chi connectivity index (χ4v) is 6.65. The van der Waals surface area contributed by atoms with Gasteiger partial charge in [0.25, 0.3) is 0 Å². The summed E-state index contributed by atoms with van der Waals surface area (Å²) in [5.74, 6) is 0. The molecular weight excluding hydrogens is 543 g/mol. The smallest absolute Gasteiger partial charge is 0.309 e. The maximum absolute atomic E-state index is 12.7. The molecule has 1 aromatic carbocycles. The van der Waals surface area contributed by atoms with Gasteiger partial charge in [-0.2, -0.15) is 0 Å². The van der Waals surface area contributed by atoms with Crippen molar-refractivity contribution in [2.45, 2.75) is 26.9 Å². The average Bonchev–Trinajstić information content (AvgIpc) is 2.40. The zero-order valence-electron chi connectivity index (χ0n) is 11.3. The van der Waals surface area contributed by atoms with Crippen LogP contribution >= 0.6 is 71.3 Å². The molecule has 0 atom stereocenters. The van der Waals surface area contributed by atoms with Gasteiger partial charge in [0, 0.05) is 17.9 Å². The van der Waals surface area contributed by atoms with Crippen molar-refractivity contribution in [3.8, 4) is 0 Å². The Balaban J connectivity index is 3.30. The number of rotatable bonds is 6. The molecule has 0 spiro atoms. The maximum atomic E-state index is 12.7. The number of halogens is 4. The monoisotopic (exact) mass is 554 g/mol. The highest BCUT2D eigenvalue weighted by atomic mass is 79.9. The lowest BCUT2D eigenvalue weighted by Crippen LogP contribution is -2.02. The third-order valence-electron chi connectivity index (χ3n) is 2.58. The molecule has 20 heavy (non-hydrogen) atoms. The normalized spacial score (nSPS) is 11.9. The van der Waals surface area contributed by atoms with E-state index in [1.54, 1.807) is 13.8 Å². The molecule has 0 fully saturated rings. The lowest BCUT2D eigenvalue weighted by Gasteiger charge is -2.20. The van der Waals surface area contributed by atoms with Gasteiger partial charge in [0.1, 0.15) is 0 Å². The minimum absolute atomic E-state index is 0.211. The predicted molar refractivity (Wildman–Crippen MR) is 96.5 cm³/mol. The van der Waals surface area contributed by atoms with Crippen LogP contribution in [0.15, 0.2) is 17.9 Å². The van der Waals surface area contributed by atoms with E-state index in [-0.39, 0.29) is 6.16 Å². The second-order valence-electron chi connectivity index (χ2n) is 3.96. The average molecular weight is 558 g/mol. The summed E-state index contributed by atoms with van der Waals surface area (Å²) < 4.78 is 27.0. The van der Waals surface area contributed by atoms with Gasteiger partial charge in [-0.1, -0.05) is 15.9 Å². The molecular formula is C12H15Br4O3P. The fraction of sp³-hybridized carbons (Fsp3) is 0.500. The third kappa shape index (κ3) is 4.40. The van der Waals surface area contributed by atoms with E-state index in [4.69, 9.17) is 9.05 Å². The van der Waals surface area contributed by atoms with Gasteiger partial charge < -0.3 is 9.05 Å². The topological polar surface area (TPSA) is 35.5 Å². The van der Waals surface area contributed by atoms with Crippen LogP contribution in [0.4, 0.5) is 0 Å². The molecule has 8 heteroatoms. The number of hydrogen-bond donors (Lipinski definition) is 0. The molecule has 0 aliphatic rings. The van der Waals surface area contributed by atoms with Gasteiger partial charge >= 0.3 is 7.60 Å². The zero-order chi connectivity index (χ0) is 15.5. The van der Waals surface area contributed by atoms with E-state index in [1.807, 2.05) is 6.92 Å². The van der Waals surface area contributed by atoms with Crippen molar-refractivity contribution in [1.29, 1.82) is 0 Å². The molecule has 0 unspecified atom stereocenters. The van der Waals surface area contributed by atoms with Gasteiger partial charge in [-0.15, -0.1) is 0 Å². The number of benzene rings is 1. The summed E-state index contributed by atoms with van der Waals surface area (Å²) in [5.41, 5.74) is 1.89. The van der Waals surface area contributed by atoms with E-state index in [2.05, 4.69) is 63.7 Å². The minimum Gasteiger partial charge on any atom is -0.309 e. The fourth-order valence-electron chi connectivity index (χ4n) is 1.67. The third-order valence-corrected chi connectivity index (χ3v) is 9.38. The lowest BCUT2D eigenvalue weighted by molar-refractivity contribution is 0.219. The summed E-state index contributed by atoms with van der Waals surface area (Å²) >= 11 is 14.1. The van der Waals surface area contributed by atoms with Gasteiger partial charge in [0.15, 0.2) is 0 Å². The Morgan fingerprint density at radius 1 is 0.900 bits per heavy atom. The molecule has 1 rings (SSSR count). The summed E-state index contributed by atoms with van der Waals surface area (Å²) in [7, 11) is -3.15. The van der Waals surface area contributed by atoms with Crippen LogP contribution in [0.5, 0.6) is 0 Å². The summed E-state index contributed by atoms with van der Waals surface area (Å²) in [4.78, 5) is 0. The summed E-state index contributed by atoms with van der Waals surface area (Å²) in [5, 5.41) is 0. The Morgan fingerprint density at radius 3 is 1.85 bits per heavy atom. The van der Waals surface area contributed by atoms with Crippen molar-refractivity contribution >= 4 is 71.3 Å². The molecule has 0 saturated carbocycles. The molecule has 114 valence electrons. The van der Waals surface area contributed by atoms with Crippen LogP contribution in [0.1, 0.15) is 25.0 Å². The van der Waals surface area contributed by atoms with E-state index in [1.165, 1.54) is 0 Å². The van der Waals surface area contributed by atoms with Gasteiger partial charge in [-0.05, 0) is 79.7 Å². The van der Waals surface area contributed by atoms with E-state index in [0.717, 1.165) is 29.0 Å². The van der Waals surface area contributed by atoms with Crippen LogP contribution in [0, 0.1) is 6.92 Å². The molecule has 0 amide bonds. The molecule has 0 aliphatic carbocycles. The van der Waals surface area contributed by atoms with Crippen LogP contribution in [-0.4, -0.2) is 13.2 Å². The molecule has 0 aliphatic heterocycles. The van der Waals surface area contributed by atoms with Gasteiger partial charge in [-0.3, -0.25) is 4.57 Å². The molecule has 0 aromatic heterocycles. The second kappa shape index (κ2) is 8.23. The highest BCUT2D eigenvalue weighted by molar-refractivity contribution is 9.14. The Labute approximate surface area is 153 Å². The van der Waals surface area contributed by atoms with Crippen molar-refractivity contribution in [2.24, 2.45) is 0 Å². The largest absolute Gasteiger partial charge is 0.335 e. The lowest BCUT2D eigenvalue weighted by atomic mass is 10.2. The van der Waals surface area contributed by atoms with Crippen molar-refractivity contribution < 1.29 is 13.6 Å². The summed E-state index contributed by atoms with van der Waals surface area (Å²) in [6, 6.07) is 0. The molecule has 0 saturated heterocycles. The van der Waals surface area contributed by atoms with E-state index in [0.29, 0.717) is 13.2 Å². The first-order valence-electron chi connectivity index (χ1n) is 5.96. The van der Waals surface area contributed by atoms with Crippen LogP contribution < -0.4 is 0 Å². The van der Waals surface area contributed by atoms with E-state index < -0.39 is 7.60 Å². The molecule has 0 radical (unpaired) electrons.